The summed E-state index contributed by atoms with van der Waals surface area (Å²) < 4.78 is 46.1. The highest BCUT2D eigenvalue weighted by molar-refractivity contribution is 7.89. The van der Waals surface area contributed by atoms with Crippen LogP contribution in [0.25, 0.3) is 0 Å². The zero-order chi connectivity index (χ0) is 19.0. The molecule has 1 atom stereocenters. The Bertz CT molecular complexity index is 946. The molecule has 2 aliphatic heterocycles. The summed E-state index contributed by atoms with van der Waals surface area (Å²) in [6, 6.07) is 12.9. The average molecular weight is 390 g/mol. The quantitative estimate of drug-likeness (QED) is 0.800. The number of piperazine rings is 1. The van der Waals surface area contributed by atoms with Crippen LogP contribution in [-0.2, 0) is 21.2 Å². The van der Waals surface area contributed by atoms with Crippen molar-refractivity contribution in [2.24, 2.45) is 0 Å². The molecule has 2 aromatic carbocycles. The van der Waals surface area contributed by atoms with Crippen molar-refractivity contribution in [3.63, 3.8) is 0 Å². The van der Waals surface area contributed by atoms with Crippen molar-refractivity contribution in [3.05, 3.63) is 59.9 Å². The van der Waals surface area contributed by atoms with E-state index in [1.807, 2.05) is 24.3 Å². The predicted molar refractivity (Wildman–Crippen MR) is 96.3 cm³/mol. The molecule has 1 amide bonds. The molecule has 0 spiro atoms. The largest absolute Gasteiger partial charge is 0.480 e. The molecule has 2 heterocycles. The predicted octanol–water partition coefficient (Wildman–Crippen LogP) is 1.66. The second-order valence-corrected chi connectivity index (χ2v) is 8.48. The SMILES string of the molecule is O=C(C1Cc2ccccc2O1)N1CCN(S(=O)(=O)c2ccccc2F)CC1. The van der Waals surface area contributed by atoms with Crippen molar-refractivity contribution in [2.45, 2.75) is 17.4 Å². The van der Waals surface area contributed by atoms with Crippen molar-refractivity contribution in [2.75, 3.05) is 26.2 Å². The normalized spacial score (nSPS) is 20.2. The Kier molecular flexibility index (Phi) is 4.61. The molecule has 0 aromatic heterocycles. The Morgan fingerprint density at radius 2 is 1.67 bits per heavy atom. The smallest absolute Gasteiger partial charge is 0.264 e. The van der Waals surface area contributed by atoms with Gasteiger partial charge in [0.15, 0.2) is 6.10 Å². The lowest BCUT2D eigenvalue weighted by molar-refractivity contribution is -0.139. The number of amides is 1. The highest BCUT2D eigenvalue weighted by atomic mass is 32.2. The van der Waals surface area contributed by atoms with Crippen LogP contribution in [0, 0.1) is 5.82 Å². The minimum atomic E-state index is -3.92. The van der Waals surface area contributed by atoms with Crippen LogP contribution in [0.5, 0.6) is 5.75 Å². The van der Waals surface area contributed by atoms with Crippen LogP contribution in [0.3, 0.4) is 0 Å². The molecule has 0 bridgehead atoms. The van der Waals surface area contributed by atoms with E-state index in [0.29, 0.717) is 6.42 Å². The van der Waals surface area contributed by atoms with Gasteiger partial charge in [-0.05, 0) is 23.8 Å². The molecular weight excluding hydrogens is 371 g/mol. The lowest BCUT2D eigenvalue weighted by Gasteiger charge is -2.35. The van der Waals surface area contributed by atoms with E-state index < -0.39 is 21.9 Å². The molecule has 1 unspecified atom stereocenters. The summed E-state index contributed by atoms with van der Waals surface area (Å²) in [6.45, 7) is 0.760. The number of ether oxygens (including phenoxy) is 1. The lowest BCUT2D eigenvalue weighted by Crippen LogP contribution is -2.53. The van der Waals surface area contributed by atoms with Crippen LogP contribution in [-0.4, -0.2) is 55.8 Å². The minimum Gasteiger partial charge on any atom is -0.480 e. The van der Waals surface area contributed by atoms with Gasteiger partial charge in [-0.25, -0.2) is 12.8 Å². The average Bonchev–Trinajstić information content (AvgIpc) is 3.12. The first-order valence-corrected chi connectivity index (χ1v) is 10.2. The molecule has 4 rings (SSSR count). The molecule has 6 nitrogen and oxygen atoms in total. The van der Waals surface area contributed by atoms with Crippen LogP contribution in [0.2, 0.25) is 0 Å². The number of sulfonamides is 1. The number of benzene rings is 2. The topological polar surface area (TPSA) is 66.9 Å². The molecule has 0 radical (unpaired) electrons. The fraction of sp³-hybridized carbons (Fsp3) is 0.316. The van der Waals surface area contributed by atoms with Crippen LogP contribution < -0.4 is 4.74 Å². The van der Waals surface area contributed by atoms with Gasteiger partial charge in [-0.1, -0.05) is 30.3 Å². The Morgan fingerprint density at radius 3 is 2.37 bits per heavy atom. The molecule has 2 aromatic rings. The number of fused-ring (bicyclic) bond motifs is 1. The van der Waals surface area contributed by atoms with Crippen LogP contribution in [0.1, 0.15) is 5.56 Å². The van der Waals surface area contributed by atoms with Crippen molar-refractivity contribution < 1.29 is 22.3 Å². The first kappa shape index (κ1) is 17.9. The summed E-state index contributed by atoms with van der Waals surface area (Å²) in [5.41, 5.74) is 0.997. The monoisotopic (exact) mass is 390 g/mol. The highest BCUT2D eigenvalue weighted by Gasteiger charge is 2.36. The molecule has 1 fully saturated rings. The van der Waals surface area contributed by atoms with Gasteiger partial charge >= 0.3 is 0 Å². The Morgan fingerprint density at radius 1 is 1.00 bits per heavy atom. The van der Waals surface area contributed by atoms with Gasteiger partial charge in [0.2, 0.25) is 10.0 Å². The van der Waals surface area contributed by atoms with E-state index in [1.165, 1.54) is 22.5 Å². The fourth-order valence-electron chi connectivity index (χ4n) is 3.47. The molecule has 27 heavy (non-hydrogen) atoms. The molecule has 0 aliphatic carbocycles. The first-order chi connectivity index (χ1) is 13.0. The second-order valence-electron chi connectivity index (χ2n) is 6.58. The number of para-hydroxylation sites is 1. The summed E-state index contributed by atoms with van der Waals surface area (Å²) in [6.07, 6.45) is -0.0555. The third kappa shape index (κ3) is 3.30. The molecule has 8 heteroatoms. The molecular formula is C19H19FN2O4S. The third-order valence-electron chi connectivity index (χ3n) is 4.93. The maximum Gasteiger partial charge on any atom is 0.264 e. The van der Waals surface area contributed by atoms with Crippen molar-refractivity contribution in [1.82, 2.24) is 9.21 Å². The maximum absolute atomic E-state index is 13.9. The molecule has 0 N–H and O–H groups in total. The summed E-state index contributed by atoms with van der Waals surface area (Å²) in [5.74, 6) is -0.195. The first-order valence-electron chi connectivity index (χ1n) is 8.75. The van der Waals surface area contributed by atoms with Crippen LogP contribution >= 0.6 is 0 Å². The van der Waals surface area contributed by atoms with Gasteiger partial charge in [-0.3, -0.25) is 4.79 Å². The number of halogens is 1. The number of hydrogen-bond donors (Lipinski definition) is 0. The molecule has 2 aliphatic rings. The van der Waals surface area contributed by atoms with Gasteiger partial charge < -0.3 is 9.64 Å². The van der Waals surface area contributed by atoms with Crippen LogP contribution in [0.15, 0.2) is 53.4 Å². The van der Waals surface area contributed by atoms with Gasteiger partial charge in [0, 0.05) is 32.6 Å². The Labute approximate surface area is 157 Å². The summed E-state index contributed by atoms with van der Waals surface area (Å²) >= 11 is 0. The summed E-state index contributed by atoms with van der Waals surface area (Å²) in [5, 5.41) is 0. The van der Waals surface area contributed by atoms with Gasteiger partial charge in [-0.2, -0.15) is 4.31 Å². The van der Waals surface area contributed by atoms with Gasteiger partial charge in [0.1, 0.15) is 16.5 Å². The van der Waals surface area contributed by atoms with Gasteiger partial charge in [-0.15, -0.1) is 0 Å². The van der Waals surface area contributed by atoms with E-state index >= 15 is 0 Å². The van der Waals surface area contributed by atoms with E-state index in [2.05, 4.69) is 0 Å². The van der Waals surface area contributed by atoms with E-state index in [-0.39, 0.29) is 37.0 Å². The standard InChI is InChI=1S/C19H19FN2O4S/c20-15-6-2-4-8-18(15)27(24,25)22-11-9-21(10-12-22)19(23)17-13-14-5-1-3-7-16(14)26-17/h1-8,17H,9-13H2. The van der Waals surface area contributed by atoms with Crippen molar-refractivity contribution in [3.8, 4) is 5.75 Å². The van der Waals surface area contributed by atoms with Gasteiger partial charge in [0.05, 0.1) is 0 Å². The second kappa shape index (κ2) is 6.94. The number of carbonyl (C=O) groups is 1. The fourth-order valence-corrected chi connectivity index (χ4v) is 4.95. The molecule has 142 valence electrons. The van der Waals surface area contributed by atoms with Gasteiger partial charge in [0.25, 0.3) is 5.91 Å². The Hall–Kier alpha value is -2.45. The summed E-state index contributed by atoms with van der Waals surface area (Å²) in [7, 11) is -3.92. The molecule has 1 saturated heterocycles. The minimum absolute atomic E-state index is 0.127. The van der Waals surface area contributed by atoms with Crippen LogP contribution in [0.4, 0.5) is 4.39 Å². The van der Waals surface area contributed by atoms with E-state index in [9.17, 15) is 17.6 Å². The zero-order valence-corrected chi connectivity index (χ0v) is 15.4. The van der Waals surface area contributed by atoms with Crippen molar-refractivity contribution >= 4 is 15.9 Å². The lowest BCUT2D eigenvalue weighted by atomic mass is 10.1. The Balaban J connectivity index is 1.41. The highest BCUT2D eigenvalue weighted by Crippen LogP contribution is 2.29. The number of nitrogens with zero attached hydrogens (tertiary/aromatic N) is 2. The van der Waals surface area contributed by atoms with E-state index in [1.54, 1.807) is 4.90 Å². The van der Waals surface area contributed by atoms with E-state index in [0.717, 1.165) is 17.4 Å². The zero-order valence-electron chi connectivity index (χ0n) is 14.5. The number of carbonyl (C=O) groups excluding carboxylic acids is 1. The molecule has 0 saturated carbocycles. The maximum atomic E-state index is 13.9. The number of rotatable bonds is 3. The van der Waals surface area contributed by atoms with E-state index in [4.69, 9.17) is 4.74 Å². The number of hydrogen-bond acceptors (Lipinski definition) is 4. The summed E-state index contributed by atoms with van der Waals surface area (Å²) in [4.78, 5) is 14.0. The third-order valence-corrected chi connectivity index (χ3v) is 6.86. The van der Waals surface area contributed by atoms with Crippen molar-refractivity contribution in [1.29, 1.82) is 0 Å².